The highest BCUT2D eigenvalue weighted by molar-refractivity contribution is 6.06. The van der Waals surface area contributed by atoms with Crippen molar-refractivity contribution in [2.24, 2.45) is 0 Å². The first kappa shape index (κ1) is 13.8. The lowest BCUT2D eigenvalue weighted by molar-refractivity contribution is 0.0991. The average Bonchev–Trinajstić information content (AvgIpc) is 2.46. The van der Waals surface area contributed by atoms with Crippen LogP contribution >= 0.6 is 0 Å². The minimum atomic E-state index is -0.111. The molecule has 0 aliphatic rings. The number of hydrogen-bond acceptors (Lipinski definition) is 3. The first-order chi connectivity index (χ1) is 9.52. The topological polar surface area (TPSA) is 57.0 Å². The highest BCUT2D eigenvalue weighted by Crippen LogP contribution is 2.16. The minimum Gasteiger partial charge on any atom is -0.296 e. The van der Waals surface area contributed by atoms with Crippen LogP contribution < -0.4 is 4.90 Å². The van der Waals surface area contributed by atoms with Crippen molar-refractivity contribution in [2.45, 2.75) is 13.8 Å². The van der Waals surface area contributed by atoms with Gasteiger partial charge in [0.1, 0.15) is 11.9 Å². The van der Waals surface area contributed by atoms with Crippen molar-refractivity contribution in [3.8, 4) is 6.07 Å². The lowest BCUT2D eigenvalue weighted by Gasteiger charge is -2.17. The van der Waals surface area contributed by atoms with Gasteiger partial charge in [0.15, 0.2) is 0 Å². The van der Waals surface area contributed by atoms with Gasteiger partial charge < -0.3 is 0 Å². The Labute approximate surface area is 118 Å². The zero-order valence-electron chi connectivity index (χ0n) is 11.7. The van der Waals surface area contributed by atoms with Crippen LogP contribution in [0.3, 0.4) is 0 Å². The Morgan fingerprint density at radius 1 is 1.25 bits per heavy atom. The van der Waals surface area contributed by atoms with E-state index in [0.717, 1.165) is 11.1 Å². The Balaban J connectivity index is 2.30. The summed E-state index contributed by atoms with van der Waals surface area (Å²) in [6.07, 6.45) is 1.46. The second kappa shape index (κ2) is 5.54. The number of amides is 1. The molecular weight excluding hydrogens is 250 g/mol. The molecule has 1 aromatic heterocycles. The standard InChI is InChI=1S/C16H15N3O/c1-11-4-6-14(12(2)8-11)16(20)19(3)15-7-5-13(9-17)10-18-15/h4-8,10H,1-3H3. The van der Waals surface area contributed by atoms with Gasteiger partial charge in [-0.25, -0.2) is 4.98 Å². The minimum absolute atomic E-state index is 0.111. The van der Waals surface area contributed by atoms with Crippen molar-refractivity contribution in [1.29, 1.82) is 5.26 Å². The SMILES string of the molecule is Cc1ccc(C(=O)N(C)c2ccc(C#N)cn2)c(C)c1. The van der Waals surface area contributed by atoms with Gasteiger partial charge in [-0.15, -0.1) is 0 Å². The summed E-state index contributed by atoms with van der Waals surface area (Å²) < 4.78 is 0. The van der Waals surface area contributed by atoms with E-state index in [1.807, 2.05) is 38.1 Å². The van der Waals surface area contributed by atoms with Gasteiger partial charge in [-0.3, -0.25) is 9.69 Å². The molecule has 0 radical (unpaired) electrons. The summed E-state index contributed by atoms with van der Waals surface area (Å²) in [6.45, 7) is 3.91. The Morgan fingerprint density at radius 3 is 2.55 bits per heavy atom. The molecule has 0 saturated carbocycles. The molecule has 4 nitrogen and oxygen atoms in total. The number of nitriles is 1. The fraction of sp³-hybridized carbons (Fsp3) is 0.188. The molecule has 1 amide bonds. The van der Waals surface area contributed by atoms with Crippen molar-refractivity contribution in [3.63, 3.8) is 0 Å². The van der Waals surface area contributed by atoms with E-state index >= 15 is 0 Å². The predicted octanol–water partition coefficient (Wildman–Crippen LogP) is 2.85. The predicted molar refractivity (Wildman–Crippen MR) is 77.6 cm³/mol. The summed E-state index contributed by atoms with van der Waals surface area (Å²) in [4.78, 5) is 18.1. The lowest BCUT2D eigenvalue weighted by Crippen LogP contribution is -2.27. The fourth-order valence-corrected chi connectivity index (χ4v) is 1.99. The van der Waals surface area contributed by atoms with Gasteiger partial charge in [0.2, 0.25) is 0 Å². The number of benzene rings is 1. The smallest absolute Gasteiger partial charge is 0.259 e. The maximum absolute atomic E-state index is 12.5. The van der Waals surface area contributed by atoms with Crippen LogP contribution in [0.1, 0.15) is 27.0 Å². The highest BCUT2D eigenvalue weighted by atomic mass is 16.2. The summed E-state index contributed by atoms with van der Waals surface area (Å²) in [5, 5.41) is 8.75. The summed E-state index contributed by atoms with van der Waals surface area (Å²) >= 11 is 0. The molecule has 100 valence electrons. The van der Waals surface area contributed by atoms with E-state index in [4.69, 9.17) is 5.26 Å². The number of nitrogens with zero attached hydrogens (tertiary/aromatic N) is 3. The van der Waals surface area contributed by atoms with Gasteiger partial charge in [-0.05, 0) is 37.6 Å². The van der Waals surface area contributed by atoms with Gasteiger partial charge in [0.05, 0.1) is 5.56 Å². The third kappa shape index (κ3) is 2.67. The molecule has 0 aliphatic carbocycles. The molecule has 20 heavy (non-hydrogen) atoms. The molecule has 1 aromatic carbocycles. The van der Waals surface area contributed by atoms with Crippen LogP contribution in [0.4, 0.5) is 5.82 Å². The number of rotatable bonds is 2. The normalized spacial score (nSPS) is 9.90. The molecule has 2 rings (SSSR count). The van der Waals surface area contributed by atoms with Crippen LogP contribution in [0, 0.1) is 25.2 Å². The number of aromatic nitrogens is 1. The number of pyridine rings is 1. The molecule has 2 aromatic rings. The van der Waals surface area contributed by atoms with Crippen LogP contribution in [0.5, 0.6) is 0 Å². The lowest BCUT2D eigenvalue weighted by atomic mass is 10.0. The number of hydrogen-bond donors (Lipinski definition) is 0. The molecule has 0 spiro atoms. The molecule has 0 bridgehead atoms. The molecule has 0 saturated heterocycles. The average molecular weight is 265 g/mol. The van der Waals surface area contributed by atoms with E-state index < -0.39 is 0 Å². The van der Waals surface area contributed by atoms with E-state index in [0.29, 0.717) is 16.9 Å². The van der Waals surface area contributed by atoms with Gasteiger partial charge in [-0.2, -0.15) is 5.26 Å². The molecule has 1 heterocycles. The van der Waals surface area contributed by atoms with E-state index in [-0.39, 0.29) is 5.91 Å². The summed E-state index contributed by atoms with van der Waals surface area (Å²) in [6, 6.07) is 11.0. The summed E-state index contributed by atoms with van der Waals surface area (Å²) in [5.74, 6) is 0.411. The molecule has 0 N–H and O–H groups in total. The van der Waals surface area contributed by atoms with Gasteiger partial charge >= 0.3 is 0 Å². The quantitative estimate of drug-likeness (QED) is 0.839. The number of anilines is 1. The van der Waals surface area contributed by atoms with Crippen molar-refractivity contribution in [2.75, 3.05) is 11.9 Å². The number of carbonyl (C=O) groups is 1. The zero-order valence-corrected chi connectivity index (χ0v) is 11.7. The van der Waals surface area contributed by atoms with E-state index in [2.05, 4.69) is 4.98 Å². The van der Waals surface area contributed by atoms with E-state index in [9.17, 15) is 4.79 Å². The Morgan fingerprint density at radius 2 is 2.00 bits per heavy atom. The largest absolute Gasteiger partial charge is 0.296 e. The van der Waals surface area contributed by atoms with Crippen LogP contribution in [0.2, 0.25) is 0 Å². The van der Waals surface area contributed by atoms with Crippen LogP contribution in [-0.4, -0.2) is 17.9 Å². The Hall–Kier alpha value is -2.67. The molecule has 4 heteroatoms. The maximum Gasteiger partial charge on any atom is 0.259 e. The summed E-state index contributed by atoms with van der Waals surface area (Å²) in [5.41, 5.74) is 3.19. The van der Waals surface area contributed by atoms with E-state index in [1.54, 1.807) is 19.2 Å². The Kier molecular flexibility index (Phi) is 3.81. The monoisotopic (exact) mass is 265 g/mol. The first-order valence-electron chi connectivity index (χ1n) is 6.24. The molecular formula is C16H15N3O. The molecule has 0 unspecified atom stereocenters. The van der Waals surface area contributed by atoms with Crippen LogP contribution in [-0.2, 0) is 0 Å². The van der Waals surface area contributed by atoms with Gasteiger partial charge in [-0.1, -0.05) is 17.7 Å². The first-order valence-corrected chi connectivity index (χ1v) is 6.24. The van der Waals surface area contributed by atoms with Crippen molar-refractivity contribution < 1.29 is 4.79 Å². The van der Waals surface area contributed by atoms with Crippen molar-refractivity contribution in [3.05, 3.63) is 58.8 Å². The number of carbonyl (C=O) groups excluding carboxylic acids is 1. The zero-order chi connectivity index (χ0) is 14.7. The molecule has 0 atom stereocenters. The maximum atomic E-state index is 12.5. The third-order valence-electron chi connectivity index (χ3n) is 3.14. The Bertz CT molecular complexity index is 684. The highest BCUT2D eigenvalue weighted by Gasteiger charge is 2.16. The van der Waals surface area contributed by atoms with Crippen molar-refractivity contribution in [1.82, 2.24) is 4.98 Å². The summed E-state index contributed by atoms with van der Waals surface area (Å²) in [7, 11) is 1.68. The molecule has 0 aliphatic heterocycles. The third-order valence-corrected chi connectivity index (χ3v) is 3.14. The molecule has 0 fully saturated rings. The van der Waals surface area contributed by atoms with Gasteiger partial charge in [0.25, 0.3) is 5.91 Å². The van der Waals surface area contributed by atoms with E-state index in [1.165, 1.54) is 11.1 Å². The van der Waals surface area contributed by atoms with Crippen LogP contribution in [0.15, 0.2) is 36.5 Å². The van der Waals surface area contributed by atoms with Gasteiger partial charge in [0, 0.05) is 18.8 Å². The fourth-order valence-electron chi connectivity index (χ4n) is 1.99. The van der Waals surface area contributed by atoms with Crippen LogP contribution in [0.25, 0.3) is 0 Å². The van der Waals surface area contributed by atoms with Crippen molar-refractivity contribution >= 4 is 11.7 Å². The second-order valence-electron chi connectivity index (χ2n) is 4.70. The second-order valence-corrected chi connectivity index (χ2v) is 4.70. The number of aryl methyl sites for hydroxylation is 2.